The highest BCUT2D eigenvalue weighted by Gasteiger charge is 2.50. The molecule has 9 heteroatoms. The van der Waals surface area contributed by atoms with Gasteiger partial charge in [-0.3, -0.25) is 4.90 Å². The van der Waals surface area contributed by atoms with Gasteiger partial charge in [-0.05, 0) is 70.6 Å². The van der Waals surface area contributed by atoms with E-state index in [0.29, 0.717) is 5.57 Å². The lowest BCUT2D eigenvalue weighted by atomic mass is 9.87. The van der Waals surface area contributed by atoms with Crippen LogP contribution in [0.3, 0.4) is 0 Å². The Morgan fingerprint density at radius 2 is 1.79 bits per heavy atom. The molecule has 0 aromatic rings. The van der Waals surface area contributed by atoms with Crippen LogP contribution in [0.1, 0.15) is 74.7 Å². The molecule has 33 heavy (non-hydrogen) atoms. The first kappa shape index (κ1) is 28.0. The summed E-state index contributed by atoms with van der Waals surface area (Å²) < 4.78 is 49.0. The number of ether oxygens (including phenoxy) is 1. The van der Waals surface area contributed by atoms with Gasteiger partial charge in [-0.1, -0.05) is 46.0 Å². The van der Waals surface area contributed by atoms with Crippen LogP contribution in [-0.2, 0) is 14.8 Å². The fourth-order valence-electron chi connectivity index (χ4n) is 3.62. The van der Waals surface area contributed by atoms with Gasteiger partial charge in [-0.25, -0.2) is 22.0 Å². The number of alkyl halides is 1. The van der Waals surface area contributed by atoms with E-state index in [1.807, 2.05) is 61.6 Å². The molecular formula is C24H43FN2O4SSi. The van der Waals surface area contributed by atoms with Crippen LogP contribution in [0, 0.1) is 0 Å². The first-order valence-corrected chi connectivity index (χ1v) is 16.3. The minimum atomic E-state index is -3.99. The van der Waals surface area contributed by atoms with Gasteiger partial charge < -0.3 is 4.74 Å². The fraction of sp³-hybridized carbons (Fsp3) is 0.792. The molecule has 6 nitrogen and oxygen atoms in total. The summed E-state index contributed by atoms with van der Waals surface area (Å²) in [6.07, 6.45) is 5.06. The molecule has 1 N–H and O–H groups in total. The van der Waals surface area contributed by atoms with Crippen LogP contribution in [0.15, 0.2) is 23.8 Å². The van der Waals surface area contributed by atoms with Crippen LogP contribution in [0.4, 0.5) is 9.18 Å². The molecule has 1 amide bonds. The second kappa shape index (κ2) is 9.11. The lowest BCUT2D eigenvalue weighted by Gasteiger charge is -2.43. The van der Waals surface area contributed by atoms with Gasteiger partial charge in [0.2, 0.25) is 10.0 Å². The molecule has 3 unspecified atom stereocenters. The van der Waals surface area contributed by atoms with E-state index in [0.717, 1.165) is 19.3 Å². The van der Waals surface area contributed by atoms with Gasteiger partial charge in [-0.15, -0.1) is 0 Å². The van der Waals surface area contributed by atoms with E-state index in [2.05, 4.69) is 4.39 Å². The number of carbonyl (C=O) groups excluding carboxylic acids is 1. The second-order valence-electron chi connectivity index (χ2n) is 12.2. The van der Waals surface area contributed by atoms with Crippen molar-refractivity contribution in [3.05, 3.63) is 23.8 Å². The molecular weight excluding hydrogens is 459 g/mol. The van der Waals surface area contributed by atoms with Crippen molar-refractivity contribution in [1.82, 2.24) is 9.29 Å². The van der Waals surface area contributed by atoms with E-state index in [1.165, 1.54) is 19.1 Å². The van der Waals surface area contributed by atoms with Crippen LogP contribution < -0.4 is 4.39 Å². The average Bonchev–Trinajstić information content (AvgIpc) is 2.56. The van der Waals surface area contributed by atoms with Crippen LogP contribution in [0.25, 0.3) is 0 Å². The zero-order valence-electron chi connectivity index (χ0n) is 22.0. The Bertz CT molecular complexity index is 914. The number of allylic oxidation sites excluding steroid dienone is 1. The molecule has 0 spiro atoms. The smallest absolute Gasteiger partial charge is 0.411 e. The highest BCUT2D eigenvalue weighted by molar-refractivity contribution is 7.92. The Labute approximate surface area is 201 Å². The Morgan fingerprint density at radius 3 is 2.18 bits per heavy atom. The minimum Gasteiger partial charge on any atom is -0.444 e. The van der Waals surface area contributed by atoms with Crippen molar-refractivity contribution in [2.75, 3.05) is 0 Å². The van der Waals surface area contributed by atoms with Crippen molar-refractivity contribution < 1.29 is 22.3 Å². The maximum atomic E-state index is 15.6. The highest BCUT2D eigenvalue weighted by atomic mass is 32.2. The molecule has 2 rings (SSSR count). The summed E-state index contributed by atoms with van der Waals surface area (Å²) in [7, 11) is -6.43. The summed E-state index contributed by atoms with van der Waals surface area (Å²) >= 11 is 0. The quantitative estimate of drug-likeness (QED) is 0.474. The van der Waals surface area contributed by atoms with Crippen molar-refractivity contribution in [3.8, 4) is 0 Å². The van der Waals surface area contributed by atoms with Crippen LogP contribution in [0.2, 0.25) is 18.1 Å². The number of carbonyl (C=O) groups is 1. The van der Waals surface area contributed by atoms with Crippen LogP contribution >= 0.6 is 0 Å². The Hall–Kier alpha value is -1.19. The average molecular weight is 503 g/mol. The van der Waals surface area contributed by atoms with E-state index in [1.54, 1.807) is 11.0 Å². The van der Waals surface area contributed by atoms with Gasteiger partial charge in [-0.2, -0.15) is 0 Å². The lowest BCUT2D eigenvalue weighted by Crippen LogP contribution is -2.61. The molecule has 190 valence electrons. The number of rotatable bonds is 6. The van der Waals surface area contributed by atoms with Gasteiger partial charge in [0.15, 0.2) is 0 Å². The van der Waals surface area contributed by atoms with Crippen LogP contribution in [-0.4, -0.2) is 56.2 Å². The summed E-state index contributed by atoms with van der Waals surface area (Å²) in [6, 6.07) is -0.389. The molecule has 0 aliphatic heterocycles. The summed E-state index contributed by atoms with van der Waals surface area (Å²) in [6.45, 7) is 18.6. The van der Waals surface area contributed by atoms with Gasteiger partial charge in [0, 0.05) is 6.04 Å². The number of amides is 1. The predicted octanol–water partition coefficient (Wildman–Crippen LogP) is 5.68. The summed E-state index contributed by atoms with van der Waals surface area (Å²) in [5, 5.41) is -0.229. The Kier molecular flexibility index (Phi) is 7.74. The largest absolute Gasteiger partial charge is 0.444 e. The first-order chi connectivity index (χ1) is 14.7. The van der Waals surface area contributed by atoms with Crippen molar-refractivity contribution in [3.63, 3.8) is 0 Å². The molecule has 3 atom stereocenters. The zero-order valence-corrected chi connectivity index (χ0v) is 23.8. The number of nitrogens with zero attached hydrogens (tertiary/aromatic N) is 1. The second-order valence-corrected chi connectivity index (χ2v) is 19.7. The third-order valence-corrected chi connectivity index (χ3v) is 15.7. The normalized spacial score (nSPS) is 25.8. The maximum Gasteiger partial charge on any atom is 0.411 e. The van der Waals surface area contributed by atoms with Crippen molar-refractivity contribution >= 4 is 24.4 Å². The first-order valence-electron chi connectivity index (χ1n) is 11.8. The van der Waals surface area contributed by atoms with E-state index >= 15 is 4.39 Å². The van der Waals surface area contributed by atoms with Gasteiger partial charge in [0.05, 0.1) is 6.04 Å². The molecule has 2 aliphatic carbocycles. The Balaban J connectivity index is 2.30. The van der Waals surface area contributed by atoms with Gasteiger partial charge >= 0.3 is 6.09 Å². The van der Waals surface area contributed by atoms with Crippen molar-refractivity contribution in [2.45, 2.75) is 121 Å². The summed E-state index contributed by atoms with van der Waals surface area (Å²) in [4.78, 5) is 14.6. The molecule has 1 fully saturated rings. The van der Waals surface area contributed by atoms with Gasteiger partial charge in [0.1, 0.15) is 24.8 Å². The summed E-state index contributed by atoms with van der Waals surface area (Å²) in [5.74, 6) is 0. The number of hydrogen-bond donors (Lipinski definition) is 1. The third kappa shape index (κ3) is 5.90. The fourth-order valence-corrected chi connectivity index (χ4v) is 9.03. The van der Waals surface area contributed by atoms with Crippen molar-refractivity contribution in [1.29, 1.82) is 0 Å². The molecule has 1 saturated carbocycles. The third-order valence-electron chi connectivity index (χ3n) is 7.31. The van der Waals surface area contributed by atoms with Crippen LogP contribution in [0.5, 0.6) is 0 Å². The molecule has 0 bridgehead atoms. The maximum absolute atomic E-state index is 15.6. The van der Waals surface area contributed by atoms with E-state index in [9.17, 15) is 13.2 Å². The SMILES string of the molecule is CC(C1=CC(F)C(C)(S(=O)(=O)N[Si](C)(C)C(C)(C)C)C=C1)N(C(=O)OC(C)(C)C)C1CCC1. The molecule has 0 saturated heterocycles. The number of halogens is 1. The monoisotopic (exact) mass is 502 g/mol. The van der Waals surface area contributed by atoms with Crippen molar-refractivity contribution in [2.24, 2.45) is 0 Å². The molecule has 2 aliphatic rings. The lowest BCUT2D eigenvalue weighted by molar-refractivity contribution is 0.000388. The number of hydrogen-bond acceptors (Lipinski definition) is 4. The predicted molar refractivity (Wildman–Crippen MR) is 135 cm³/mol. The van der Waals surface area contributed by atoms with E-state index in [4.69, 9.17) is 4.74 Å². The van der Waals surface area contributed by atoms with E-state index in [-0.39, 0.29) is 11.1 Å². The minimum absolute atomic E-state index is 0.0412. The molecule has 0 aromatic heterocycles. The Morgan fingerprint density at radius 1 is 1.24 bits per heavy atom. The topological polar surface area (TPSA) is 75.7 Å². The highest BCUT2D eigenvalue weighted by Crippen LogP contribution is 2.39. The molecule has 0 heterocycles. The van der Waals surface area contributed by atoms with Gasteiger partial charge in [0.25, 0.3) is 0 Å². The standard InChI is InChI=1S/C24H43FN2O4SSi/c1-17(27(19-12-11-13-19)21(28)31-22(2,3)4)18-14-15-24(8,20(25)16-18)32(29,30)26-33(9,10)23(5,6)7/h14-17,19-20,26H,11-13H2,1-10H3. The number of nitrogens with one attached hydrogen (secondary N) is 1. The zero-order chi connectivity index (χ0) is 25.6. The molecule has 0 aromatic carbocycles. The summed E-state index contributed by atoms with van der Waals surface area (Å²) in [5.41, 5.74) is -0.0550. The number of sulfonamides is 1. The van der Waals surface area contributed by atoms with E-state index < -0.39 is 46.9 Å². The molecule has 0 radical (unpaired) electrons.